The highest BCUT2D eigenvalue weighted by molar-refractivity contribution is 5.79. The average molecular weight is 332 g/mol. The minimum Gasteiger partial charge on any atom is -0.457 e. The molecule has 0 N–H and O–H groups in total. The molecule has 0 heterocycles. The number of hydrogen-bond donors (Lipinski definition) is 0. The second-order valence-electron chi connectivity index (χ2n) is 4.32. The number of carbonyl (C=O) groups excluding carboxylic acids is 1. The van der Waals surface area contributed by atoms with Crippen molar-refractivity contribution in [3.8, 4) is 17.2 Å². The van der Waals surface area contributed by atoms with Crippen LogP contribution >= 0.6 is 0 Å². The molecule has 0 bridgehead atoms. The molecule has 2 aromatic carbocycles. The van der Waals surface area contributed by atoms with Crippen LogP contribution in [-0.4, -0.2) is 12.9 Å². The van der Waals surface area contributed by atoms with Crippen LogP contribution in [0.3, 0.4) is 0 Å². The summed E-state index contributed by atoms with van der Waals surface area (Å²) in [6, 6.07) is 7.22. The van der Waals surface area contributed by atoms with Gasteiger partial charge in [0.2, 0.25) is 0 Å². The summed E-state index contributed by atoms with van der Waals surface area (Å²) in [5.74, 6) is -0.363. The van der Waals surface area contributed by atoms with Crippen molar-refractivity contribution in [2.75, 3.05) is 0 Å². The molecule has 0 unspecified atom stereocenters. The van der Waals surface area contributed by atoms with Crippen LogP contribution in [0.25, 0.3) is 0 Å². The number of rotatable bonds is 5. The van der Waals surface area contributed by atoms with E-state index in [0.717, 1.165) is 24.3 Å². The van der Waals surface area contributed by atoms with Gasteiger partial charge in [-0.1, -0.05) is 0 Å². The Morgan fingerprint density at radius 1 is 0.957 bits per heavy atom. The highest BCUT2D eigenvalue weighted by atomic mass is 19.4. The second kappa shape index (κ2) is 6.64. The predicted octanol–water partition coefficient (Wildman–Crippen LogP) is 4.91. The van der Waals surface area contributed by atoms with Crippen molar-refractivity contribution in [1.29, 1.82) is 0 Å². The molecule has 0 amide bonds. The van der Waals surface area contributed by atoms with Crippen LogP contribution in [-0.2, 0) is 6.18 Å². The van der Waals surface area contributed by atoms with Gasteiger partial charge in [0, 0.05) is 0 Å². The van der Waals surface area contributed by atoms with Gasteiger partial charge in [-0.15, -0.1) is 0 Å². The number of carbonyl (C=O) groups is 1. The molecular formula is C15H9F5O3. The molecule has 2 rings (SSSR count). The zero-order chi connectivity index (χ0) is 17.0. The first-order valence-corrected chi connectivity index (χ1v) is 6.19. The summed E-state index contributed by atoms with van der Waals surface area (Å²) >= 11 is 0. The first-order valence-electron chi connectivity index (χ1n) is 6.19. The van der Waals surface area contributed by atoms with Crippen LogP contribution in [0.2, 0.25) is 0 Å². The fourth-order valence-electron chi connectivity index (χ4n) is 1.71. The highest BCUT2D eigenvalue weighted by Gasteiger charge is 2.31. The Hall–Kier alpha value is -2.64. The highest BCUT2D eigenvalue weighted by Crippen LogP contribution is 2.34. The summed E-state index contributed by atoms with van der Waals surface area (Å²) in [4.78, 5) is 10.9. The van der Waals surface area contributed by atoms with Gasteiger partial charge < -0.3 is 9.47 Å². The van der Waals surface area contributed by atoms with Gasteiger partial charge in [0.15, 0.2) is 6.29 Å². The minimum atomic E-state index is -4.59. The Labute approximate surface area is 127 Å². The number of ether oxygens (including phenoxy) is 2. The number of alkyl halides is 5. The molecule has 0 saturated carbocycles. The zero-order valence-corrected chi connectivity index (χ0v) is 11.3. The molecule has 8 heteroatoms. The van der Waals surface area contributed by atoms with Gasteiger partial charge in [-0.25, -0.2) is 0 Å². The second-order valence-corrected chi connectivity index (χ2v) is 4.32. The van der Waals surface area contributed by atoms with Gasteiger partial charge in [-0.2, -0.15) is 22.0 Å². The third kappa shape index (κ3) is 4.41. The average Bonchev–Trinajstić information content (AvgIpc) is 2.48. The number of benzene rings is 2. The van der Waals surface area contributed by atoms with Gasteiger partial charge in [0.05, 0.1) is 11.1 Å². The summed E-state index contributed by atoms with van der Waals surface area (Å²) in [6.45, 7) is -2.99. The molecule has 0 aromatic heterocycles. The number of aldehydes is 1. The normalized spacial score (nSPS) is 11.4. The maximum absolute atomic E-state index is 12.7. The maximum Gasteiger partial charge on any atom is 0.416 e. The van der Waals surface area contributed by atoms with E-state index in [1.807, 2.05) is 0 Å². The van der Waals surface area contributed by atoms with E-state index in [4.69, 9.17) is 4.74 Å². The Balaban J connectivity index is 2.26. The van der Waals surface area contributed by atoms with Crippen LogP contribution in [0.1, 0.15) is 15.9 Å². The molecular weight excluding hydrogens is 323 g/mol. The Bertz CT molecular complexity index is 681. The smallest absolute Gasteiger partial charge is 0.416 e. The van der Waals surface area contributed by atoms with Crippen molar-refractivity contribution in [2.24, 2.45) is 0 Å². The van der Waals surface area contributed by atoms with Crippen LogP contribution in [0.15, 0.2) is 42.5 Å². The molecule has 0 atom stereocenters. The quantitative estimate of drug-likeness (QED) is 0.576. The summed E-state index contributed by atoms with van der Waals surface area (Å²) < 4.78 is 71.5. The summed E-state index contributed by atoms with van der Waals surface area (Å²) in [7, 11) is 0. The summed E-state index contributed by atoms with van der Waals surface area (Å²) in [5.41, 5.74) is -1.05. The van der Waals surface area contributed by atoms with Crippen molar-refractivity contribution in [3.63, 3.8) is 0 Å². The van der Waals surface area contributed by atoms with Gasteiger partial charge >= 0.3 is 12.8 Å². The largest absolute Gasteiger partial charge is 0.457 e. The molecule has 3 nitrogen and oxygen atoms in total. The molecule has 2 aromatic rings. The van der Waals surface area contributed by atoms with E-state index >= 15 is 0 Å². The van der Waals surface area contributed by atoms with Crippen LogP contribution in [0.4, 0.5) is 22.0 Å². The van der Waals surface area contributed by atoms with E-state index in [0.29, 0.717) is 12.4 Å². The van der Waals surface area contributed by atoms with Crippen molar-refractivity contribution in [2.45, 2.75) is 12.8 Å². The zero-order valence-electron chi connectivity index (χ0n) is 11.3. The monoisotopic (exact) mass is 332 g/mol. The summed E-state index contributed by atoms with van der Waals surface area (Å²) in [5, 5.41) is 0. The van der Waals surface area contributed by atoms with E-state index in [-0.39, 0.29) is 22.8 Å². The molecule has 122 valence electrons. The van der Waals surface area contributed by atoms with E-state index in [9.17, 15) is 26.7 Å². The number of hydrogen-bond acceptors (Lipinski definition) is 3. The van der Waals surface area contributed by atoms with Crippen LogP contribution < -0.4 is 9.47 Å². The lowest BCUT2D eigenvalue weighted by atomic mass is 10.1. The molecule has 0 aliphatic heterocycles. The first kappa shape index (κ1) is 16.7. The predicted molar refractivity (Wildman–Crippen MR) is 70.0 cm³/mol. The molecule has 0 fully saturated rings. The van der Waals surface area contributed by atoms with Crippen molar-refractivity contribution in [3.05, 3.63) is 53.6 Å². The molecule has 0 aliphatic rings. The van der Waals surface area contributed by atoms with Gasteiger partial charge in [0.25, 0.3) is 0 Å². The first-order chi connectivity index (χ1) is 10.8. The molecule has 0 spiro atoms. The lowest BCUT2D eigenvalue weighted by molar-refractivity contribution is -0.137. The van der Waals surface area contributed by atoms with Gasteiger partial charge in [0.1, 0.15) is 17.2 Å². The van der Waals surface area contributed by atoms with Gasteiger partial charge in [-0.05, 0) is 42.5 Å². The molecule has 23 heavy (non-hydrogen) atoms. The lowest BCUT2D eigenvalue weighted by Gasteiger charge is -2.12. The minimum absolute atomic E-state index is 0.0639. The van der Waals surface area contributed by atoms with Crippen LogP contribution in [0, 0.1) is 0 Å². The molecule has 0 aliphatic carbocycles. The van der Waals surface area contributed by atoms with E-state index in [1.54, 1.807) is 0 Å². The van der Waals surface area contributed by atoms with Gasteiger partial charge in [-0.3, -0.25) is 4.79 Å². The third-order valence-electron chi connectivity index (χ3n) is 2.74. The molecule has 0 radical (unpaired) electrons. The fourth-order valence-corrected chi connectivity index (χ4v) is 1.71. The third-order valence-corrected chi connectivity index (χ3v) is 2.74. The van der Waals surface area contributed by atoms with Crippen molar-refractivity contribution >= 4 is 6.29 Å². The molecule has 0 saturated heterocycles. The lowest BCUT2D eigenvalue weighted by Crippen LogP contribution is -2.05. The Morgan fingerprint density at radius 3 is 2.09 bits per heavy atom. The SMILES string of the molecule is O=Cc1ccc(C(F)(F)F)cc1Oc1ccc(OC(F)F)cc1. The topological polar surface area (TPSA) is 35.5 Å². The number of halogens is 5. The van der Waals surface area contributed by atoms with E-state index in [1.165, 1.54) is 12.1 Å². The van der Waals surface area contributed by atoms with E-state index in [2.05, 4.69) is 4.74 Å². The van der Waals surface area contributed by atoms with Crippen molar-refractivity contribution in [1.82, 2.24) is 0 Å². The maximum atomic E-state index is 12.7. The Kier molecular flexibility index (Phi) is 4.83. The van der Waals surface area contributed by atoms with Crippen LogP contribution in [0.5, 0.6) is 17.2 Å². The Morgan fingerprint density at radius 2 is 1.57 bits per heavy atom. The standard InChI is InChI=1S/C15H9F5O3/c16-14(17)23-12-5-3-11(4-6-12)22-13-7-10(15(18,19)20)2-1-9(13)8-21/h1-8,14H. The van der Waals surface area contributed by atoms with Crippen molar-refractivity contribution < 1.29 is 36.2 Å². The van der Waals surface area contributed by atoms with E-state index < -0.39 is 18.4 Å². The fraction of sp³-hybridized carbons (Fsp3) is 0.133. The summed E-state index contributed by atoms with van der Waals surface area (Å²) in [6.07, 6.45) is -4.24.